The minimum Gasteiger partial charge on any atom is -0.378 e. The number of carbonyl (C=O) groups is 1. The fraction of sp³-hybridized carbons (Fsp3) is 0.688. The lowest BCUT2D eigenvalue weighted by Crippen LogP contribution is -2.49. The van der Waals surface area contributed by atoms with Gasteiger partial charge in [-0.05, 0) is 19.9 Å². The van der Waals surface area contributed by atoms with E-state index in [2.05, 4.69) is 30.4 Å². The van der Waals surface area contributed by atoms with Gasteiger partial charge in [0, 0.05) is 38.3 Å². The van der Waals surface area contributed by atoms with Crippen molar-refractivity contribution in [1.82, 2.24) is 20.6 Å². The first-order chi connectivity index (χ1) is 11.8. The van der Waals surface area contributed by atoms with Gasteiger partial charge in [-0.1, -0.05) is 0 Å². The lowest BCUT2D eigenvalue weighted by molar-refractivity contribution is -0.120. The van der Waals surface area contributed by atoms with Crippen LogP contribution >= 0.6 is 0 Å². The van der Waals surface area contributed by atoms with Gasteiger partial charge in [0.05, 0.1) is 19.8 Å². The summed E-state index contributed by atoms with van der Waals surface area (Å²) in [6, 6.07) is 2.21. The largest absolute Gasteiger partial charge is 0.378 e. The zero-order valence-corrected chi connectivity index (χ0v) is 14.2. The smallest absolute Gasteiger partial charge is 0.234 e. The molecular formula is C16H26N6O2. The third-order valence-electron chi connectivity index (χ3n) is 4.42. The van der Waals surface area contributed by atoms with E-state index in [-0.39, 0.29) is 11.9 Å². The molecule has 1 aromatic rings. The zero-order valence-electron chi connectivity index (χ0n) is 14.2. The summed E-state index contributed by atoms with van der Waals surface area (Å²) in [4.78, 5) is 25.1. The number of piperidine rings is 1. The predicted octanol–water partition coefficient (Wildman–Crippen LogP) is -0.382. The second-order valence-corrected chi connectivity index (χ2v) is 6.22. The Balaban J connectivity index is 1.63. The van der Waals surface area contributed by atoms with Crippen LogP contribution in [0.5, 0.6) is 0 Å². The summed E-state index contributed by atoms with van der Waals surface area (Å²) in [7, 11) is 1.78. The van der Waals surface area contributed by atoms with Crippen molar-refractivity contribution in [3.8, 4) is 0 Å². The highest BCUT2D eigenvalue weighted by atomic mass is 16.5. The molecule has 2 N–H and O–H groups in total. The molecule has 2 fully saturated rings. The second-order valence-electron chi connectivity index (χ2n) is 6.22. The standard InChI is InChI=1S/C16H26N6O2/c1-17-10-16(23)20-13-3-2-4-22(11-13)15-9-14(18-12-19-15)21-5-7-24-8-6-21/h9,12-13,17H,2-8,10-11H2,1H3,(H,20,23). The van der Waals surface area contributed by atoms with Crippen molar-refractivity contribution in [2.75, 3.05) is 62.8 Å². The van der Waals surface area contributed by atoms with Crippen LogP contribution in [0.25, 0.3) is 0 Å². The normalized spacial score (nSPS) is 21.6. The highest BCUT2D eigenvalue weighted by Gasteiger charge is 2.23. The third-order valence-corrected chi connectivity index (χ3v) is 4.42. The summed E-state index contributed by atoms with van der Waals surface area (Å²) in [5.41, 5.74) is 0. The molecule has 3 rings (SSSR count). The van der Waals surface area contributed by atoms with Gasteiger partial charge in [-0.3, -0.25) is 4.79 Å². The highest BCUT2D eigenvalue weighted by molar-refractivity contribution is 5.78. The van der Waals surface area contributed by atoms with Crippen LogP contribution in [-0.4, -0.2) is 74.9 Å². The lowest BCUT2D eigenvalue weighted by atomic mass is 10.1. The molecule has 0 spiro atoms. The van der Waals surface area contributed by atoms with E-state index in [0.29, 0.717) is 6.54 Å². The number of likely N-dealkylation sites (N-methyl/N-ethyl adjacent to an activating group) is 1. The van der Waals surface area contributed by atoms with Crippen molar-refractivity contribution in [3.63, 3.8) is 0 Å². The van der Waals surface area contributed by atoms with Crippen LogP contribution in [0.15, 0.2) is 12.4 Å². The first kappa shape index (κ1) is 16.9. The van der Waals surface area contributed by atoms with Crippen LogP contribution in [0.2, 0.25) is 0 Å². The zero-order chi connectivity index (χ0) is 16.8. The van der Waals surface area contributed by atoms with E-state index in [1.807, 2.05) is 6.07 Å². The molecule has 1 amide bonds. The van der Waals surface area contributed by atoms with Gasteiger partial charge >= 0.3 is 0 Å². The Labute approximate surface area is 142 Å². The molecule has 24 heavy (non-hydrogen) atoms. The maximum Gasteiger partial charge on any atom is 0.234 e. The first-order valence-corrected chi connectivity index (χ1v) is 8.60. The molecule has 2 saturated heterocycles. The van der Waals surface area contributed by atoms with Crippen LogP contribution in [0.4, 0.5) is 11.6 Å². The van der Waals surface area contributed by atoms with Gasteiger partial charge in [-0.25, -0.2) is 9.97 Å². The van der Waals surface area contributed by atoms with Crippen LogP contribution in [-0.2, 0) is 9.53 Å². The van der Waals surface area contributed by atoms with Gasteiger partial charge in [0.15, 0.2) is 0 Å². The number of morpholine rings is 1. The highest BCUT2D eigenvalue weighted by Crippen LogP contribution is 2.22. The van der Waals surface area contributed by atoms with Crippen molar-refractivity contribution in [2.24, 2.45) is 0 Å². The Morgan fingerprint density at radius 3 is 2.75 bits per heavy atom. The van der Waals surface area contributed by atoms with Crippen LogP contribution in [0.1, 0.15) is 12.8 Å². The van der Waals surface area contributed by atoms with Crippen LogP contribution < -0.4 is 20.4 Å². The van der Waals surface area contributed by atoms with Crippen LogP contribution in [0.3, 0.4) is 0 Å². The summed E-state index contributed by atoms with van der Waals surface area (Å²) in [5, 5.41) is 5.97. The molecule has 0 saturated carbocycles. The molecule has 1 unspecified atom stereocenters. The number of nitrogens with one attached hydrogen (secondary N) is 2. The average Bonchev–Trinajstić information content (AvgIpc) is 2.63. The van der Waals surface area contributed by atoms with Gasteiger partial charge < -0.3 is 25.2 Å². The topological polar surface area (TPSA) is 82.6 Å². The number of carbonyl (C=O) groups excluding carboxylic acids is 1. The fourth-order valence-corrected chi connectivity index (χ4v) is 3.22. The number of nitrogens with zero attached hydrogens (tertiary/aromatic N) is 4. The number of rotatable bonds is 5. The van der Waals surface area contributed by atoms with E-state index >= 15 is 0 Å². The first-order valence-electron chi connectivity index (χ1n) is 8.60. The molecule has 132 valence electrons. The minimum absolute atomic E-state index is 0.0426. The summed E-state index contributed by atoms with van der Waals surface area (Å²) in [6.45, 7) is 5.29. The number of hydrogen-bond donors (Lipinski definition) is 2. The molecule has 0 aromatic carbocycles. The van der Waals surface area contributed by atoms with E-state index in [0.717, 1.165) is 63.9 Å². The molecule has 0 aliphatic carbocycles. The Morgan fingerprint density at radius 1 is 1.25 bits per heavy atom. The number of hydrogen-bond acceptors (Lipinski definition) is 7. The minimum atomic E-state index is 0.0426. The Morgan fingerprint density at radius 2 is 2.00 bits per heavy atom. The molecule has 8 heteroatoms. The Bertz CT molecular complexity index is 549. The van der Waals surface area contributed by atoms with Gasteiger partial charge in [0.1, 0.15) is 18.0 Å². The summed E-state index contributed by atoms with van der Waals surface area (Å²) in [6.07, 6.45) is 3.68. The maximum absolute atomic E-state index is 11.8. The number of anilines is 2. The van der Waals surface area contributed by atoms with Crippen molar-refractivity contribution in [1.29, 1.82) is 0 Å². The molecular weight excluding hydrogens is 308 g/mol. The molecule has 2 aliphatic heterocycles. The average molecular weight is 334 g/mol. The summed E-state index contributed by atoms with van der Waals surface area (Å²) < 4.78 is 5.40. The van der Waals surface area contributed by atoms with E-state index < -0.39 is 0 Å². The van der Waals surface area contributed by atoms with E-state index in [1.165, 1.54) is 0 Å². The van der Waals surface area contributed by atoms with Crippen molar-refractivity contribution < 1.29 is 9.53 Å². The van der Waals surface area contributed by atoms with Gasteiger partial charge in [0.2, 0.25) is 5.91 Å². The number of amides is 1. The summed E-state index contributed by atoms with van der Waals surface area (Å²) >= 11 is 0. The third kappa shape index (κ3) is 4.33. The molecule has 3 heterocycles. The van der Waals surface area contributed by atoms with E-state index in [9.17, 15) is 4.79 Å². The molecule has 2 aliphatic rings. The van der Waals surface area contributed by atoms with Crippen molar-refractivity contribution in [2.45, 2.75) is 18.9 Å². The predicted molar refractivity (Wildman–Crippen MR) is 92.4 cm³/mol. The lowest BCUT2D eigenvalue weighted by Gasteiger charge is -2.34. The van der Waals surface area contributed by atoms with E-state index in [1.54, 1.807) is 13.4 Å². The quantitative estimate of drug-likeness (QED) is 0.759. The SMILES string of the molecule is CNCC(=O)NC1CCCN(c2cc(N3CCOCC3)ncn2)C1. The van der Waals surface area contributed by atoms with Crippen molar-refractivity contribution in [3.05, 3.63) is 12.4 Å². The maximum atomic E-state index is 11.8. The summed E-state index contributed by atoms with van der Waals surface area (Å²) in [5.74, 6) is 1.92. The van der Waals surface area contributed by atoms with Gasteiger partial charge in [-0.2, -0.15) is 0 Å². The Kier molecular flexibility index (Phi) is 5.81. The Hall–Kier alpha value is -1.93. The molecule has 1 atom stereocenters. The van der Waals surface area contributed by atoms with E-state index in [4.69, 9.17) is 4.74 Å². The molecule has 0 radical (unpaired) electrons. The molecule has 1 aromatic heterocycles. The molecule has 0 bridgehead atoms. The van der Waals surface area contributed by atoms with Crippen molar-refractivity contribution >= 4 is 17.5 Å². The second kappa shape index (κ2) is 8.25. The van der Waals surface area contributed by atoms with Crippen LogP contribution in [0, 0.1) is 0 Å². The number of aromatic nitrogens is 2. The molecule has 8 nitrogen and oxygen atoms in total. The monoisotopic (exact) mass is 334 g/mol. The van der Waals surface area contributed by atoms with Gasteiger partial charge in [0.25, 0.3) is 0 Å². The van der Waals surface area contributed by atoms with Gasteiger partial charge in [-0.15, -0.1) is 0 Å². The fourth-order valence-electron chi connectivity index (χ4n) is 3.22. The number of ether oxygens (including phenoxy) is 1.